The van der Waals surface area contributed by atoms with E-state index in [1.807, 2.05) is 42.5 Å². The number of sulfonamides is 1. The highest BCUT2D eigenvalue weighted by molar-refractivity contribution is 7.89. The highest BCUT2D eigenvalue weighted by Crippen LogP contribution is 2.32. The first-order valence-corrected chi connectivity index (χ1v) is 12.0. The third-order valence-corrected chi connectivity index (χ3v) is 7.97. The van der Waals surface area contributed by atoms with Crippen LogP contribution in [0.5, 0.6) is 0 Å². The van der Waals surface area contributed by atoms with Gasteiger partial charge < -0.3 is 9.64 Å². The van der Waals surface area contributed by atoms with Gasteiger partial charge >= 0.3 is 0 Å². The van der Waals surface area contributed by atoms with Crippen LogP contribution in [0.1, 0.15) is 11.1 Å². The molecule has 6 nitrogen and oxygen atoms in total. The van der Waals surface area contributed by atoms with Gasteiger partial charge in [-0.1, -0.05) is 42.5 Å². The van der Waals surface area contributed by atoms with Gasteiger partial charge in [0.05, 0.1) is 24.5 Å². The van der Waals surface area contributed by atoms with Gasteiger partial charge in [0.1, 0.15) is 0 Å². The number of morpholine rings is 1. The van der Waals surface area contributed by atoms with Crippen LogP contribution in [0.25, 0.3) is 10.8 Å². The Balaban J connectivity index is 1.39. The van der Waals surface area contributed by atoms with E-state index in [0.717, 1.165) is 27.6 Å². The summed E-state index contributed by atoms with van der Waals surface area (Å²) in [5.41, 5.74) is 2.72. The summed E-state index contributed by atoms with van der Waals surface area (Å²) in [5.74, 6) is 0.0267. The summed E-state index contributed by atoms with van der Waals surface area (Å²) in [6, 6.07) is 19.2. The number of carbonyl (C=O) groups is 1. The quantitative estimate of drug-likeness (QED) is 0.631. The number of fused-ring (bicyclic) bond motifs is 2. The summed E-state index contributed by atoms with van der Waals surface area (Å²) >= 11 is 0. The summed E-state index contributed by atoms with van der Waals surface area (Å²) in [4.78, 5) is 15.2. The molecule has 3 aromatic rings. The van der Waals surface area contributed by atoms with Gasteiger partial charge in [0.2, 0.25) is 15.9 Å². The molecular formula is C24H24N2O4S. The summed E-state index contributed by atoms with van der Waals surface area (Å²) in [6.45, 7) is 2.14. The predicted molar refractivity (Wildman–Crippen MR) is 120 cm³/mol. The number of benzene rings is 3. The number of rotatable bonds is 4. The lowest BCUT2D eigenvalue weighted by molar-refractivity contribution is -0.117. The SMILES string of the molecule is O=C(Cc1cccc2ccccc12)N1CCc2cc(S(=O)(=O)N3CCOCC3)ccc21. The molecule has 3 aromatic carbocycles. The van der Waals surface area contributed by atoms with Crippen molar-refractivity contribution in [2.75, 3.05) is 37.7 Å². The van der Waals surface area contributed by atoms with Gasteiger partial charge in [0.25, 0.3) is 0 Å². The first-order valence-electron chi connectivity index (χ1n) is 10.5. The van der Waals surface area contributed by atoms with Crippen molar-refractivity contribution >= 4 is 32.4 Å². The van der Waals surface area contributed by atoms with Crippen LogP contribution in [0, 0.1) is 0 Å². The molecule has 7 heteroatoms. The molecule has 5 rings (SSSR count). The zero-order valence-electron chi connectivity index (χ0n) is 17.2. The highest BCUT2D eigenvalue weighted by atomic mass is 32.2. The van der Waals surface area contributed by atoms with Crippen LogP contribution in [0.3, 0.4) is 0 Å². The zero-order valence-corrected chi connectivity index (χ0v) is 18.0. The van der Waals surface area contributed by atoms with Gasteiger partial charge in [-0.25, -0.2) is 8.42 Å². The Morgan fingerprint density at radius 3 is 2.55 bits per heavy atom. The first-order chi connectivity index (χ1) is 15.0. The van der Waals surface area contributed by atoms with Crippen molar-refractivity contribution in [2.45, 2.75) is 17.7 Å². The summed E-state index contributed by atoms with van der Waals surface area (Å²) in [6.07, 6.45) is 0.970. The number of anilines is 1. The topological polar surface area (TPSA) is 66.9 Å². The monoisotopic (exact) mass is 436 g/mol. The standard InChI is InChI=1S/C24H24N2O4S/c27-24(17-19-6-3-5-18-4-1-2-7-22(18)19)26-11-10-20-16-21(8-9-23(20)26)31(28,29)25-12-14-30-15-13-25/h1-9,16H,10-15,17H2. The summed E-state index contributed by atoms with van der Waals surface area (Å²) < 4.78 is 32.7. The molecule has 0 bridgehead atoms. The molecule has 1 amide bonds. The van der Waals surface area contributed by atoms with Gasteiger partial charge in [-0.2, -0.15) is 4.31 Å². The van der Waals surface area contributed by atoms with Crippen molar-refractivity contribution in [2.24, 2.45) is 0 Å². The van der Waals surface area contributed by atoms with Crippen LogP contribution in [0.2, 0.25) is 0 Å². The highest BCUT2D eigenvalue weighted by Gasteiger charge is 2.30. The molecule has 160 valence electrons. The number of nitrogens with zero attached hydrogens (tertiary/aromatic N) is 2. The average molecular weight is 437 g/mol. The lowest BCUT2D eigenvalue weighted by atomic mass is 10.0. The van der Waals surface area contributed by atoms with E-state index in [1.165, 1.54) is 4.31 Å². The fraction of sp³-hybridized carbons (Fsp3) is 0.292. The van der Waals surface area contributed by atoms with Crippen LogP contribution in [0.15, 0.2) is 65.6 Å². The number of hydrogen-bond donors (Lipinski definition) is 0. The van der Waals surface area contributed by atoms with Gasteiger partial charge in [-0.15, -0.1) is 0 Å². The minimum atomic E-state index is -3.54. The van der Waals surface area contributed by atoms with Crippen molar-refractivity contribution in [3.8, 4) is 0 Å². The maximum absolute atomic E-state index is 13.1. The number of hydrogen-bond acceptors (Lipinski definition) is 4. The minimum Gasteiger partial charge on any atom is -0.379 e. The molecule has 2 aliphatic heterocycles. The normalized spacial score (nSPS) is 17.1. The fourth-order valence-electron chi connectivity index (χ4n) is 4.44. The number of ether oxygens (including phenoxy) is 1. The average Bonchev–Trinajstić information content (AvgIpc) is 3.23. The third-order valence-electron chi connectivity index (χ3n) is 6.08. The predicted octanol–water partition coefficient (Wildman–Crippen LogP) is 2.99. The van der Waals surface area contributed by atoms with Crippen LogP contribution >= 0.6 is 0 Å². The third kappa shape index (κ3) is 3.73. The largest absolute Gasteiger partial charge is 0.379 e. The molecule has 2 aliphatic rings. The van der Waals surface area contributed by atoms with E-state index >= 15 is 0 Å². The minimum absolute atomic E-state index is 0.0267. The fourth-order valence-corrected chi connectivity index (χ4v) is 5.90. The number of carbonyl (C=O) groups excluding carboxylic acids is 1. The molecule has 0 unspecified atom stereocenters. The van der Waals surface area contributed by atoms with Crippen molar-refractivity contribution in [1.29, 1.82) is 0 Å². The molecule has 1 fully saturated rings. The van der Waals surface area contributed by atoms with Crippen LogP contribution in [0.4, 0.5) is 5.69 Å². The molecule has 31 heavy (non-hydrogen) atoms. The Morgan fingerprint density at radius 2 is 1.71 bits per heavy atom. The van der Waals surface area contributed by atoms with E-state index in [1.54, 1.807) is 23.1 Å². The van der Waals surface area contributed by atoms with E-state index in [4.69, 9.17) is 4.74 Å². The first kappa shape index (κ1) is 20.2. The van der Waals surface area contributed by atoms with Crippen LogP contribution in [-0.4, -0.2) is 51.5 Å². The molecule has 0 radical (unpaired) electrons. The Morgan fingerprint density at radius 1 is 0.935 bits per heavy atom. The maximum atomic E-state index is 13.1. The Labute approximate surface area is 182 Å². The van der Waals surface area contributed by atoms with Crippen molar-refractivity contribution in [1.82, 2.24) is 4.31 Å². The van der Waals surface area contributed by atoms with E-state index in [-0.39, 0.29) is 10.8 Å². The van der Waals surface area contributed by atoms with Crippen molar-refractivity contribution in [3.05, 3.63) is 71.8 Å². The lowest BCUT2D eigenvalue weighted by Gasteiger charge is -2.26. The molecule has 2 heterocycles. The maximum Gasteiger partial charge on any atom is 0.243 e. The van der Waals surface area contributed by atoms with E-state index in [0.29, 0.717) is 45.7 Å². The molecule has 0 saturated carbocycles. The summed E-state index contributed by atoms with van der Waals surface area (Å²) in [7, 11) is -3.54. The van der Waals surface area contributed by atoms with Gasteiger partial charge in [0.15, 0.2) is 0 Å². The van der Waals surface area contributed by atoms with Crippen molar-refractivity contribution in [3.63, 3.8) is 0 Å². The van der Waals surface area contributed by atoms with Crippen LogP contribution < -0.4 is 4.90 Å². The Hall–Kier alpha value is -2.74. The van der Waals surface area contributed by atoms with Crippen LogP contribution in [-0.2, 0) is 32.4 Å². The smallest absolute Gasteiger partial charge is 0.243 e. The second-order valence-electron chi connectivity index (χ2n) is 7.92. The molecule has 1 saturated heterocycles. The second kappa shape index (κ2) is 8.07. The zero-order chi connectivity index (χ0) is 21.4. The molecule has 0 aromatic heterocycles. The number of amides is 1. The van der Waals surface area contributed by atoms with Gasteiger partial charge in [0, 0.05) is 25.3 Å². The lowest BCUT2D eigenvalue weighted by Crippen LogP contribution is -2.40. The molecule has 0 atom stereocenters. The van der Waals surface area contributed by atoms with Gasteiger partial charge in [-0.3, -0.25) is 4.79 Å². The van der Waals surface area contributed by atoms with Crippen molar-refractivity contribution < 1.29 is 17.9 Å². The van der Waals surface area contributed by atoms with E-state index < -0.39 is 10.0 Å². The Kier molecular flexibility index (Phi) is 5.25. The van der Waals surface area contributed by atoms with E-state index in [9.17, 15) is 13.2 Å². The van der Waals surface area contributed by atoms with E-state index in [2.05, 4.69) is 0 Å². The summed E-state index contributed by atoms with van der Waals surface area (Å²) in [5, 5.41) is 2.21. The Bertz CT molecular complexity index is 1240. The molecule has 0 spiro atoms. The second-order valence-corrected chi connectivity index (χ2v) is 9.86. The molecular weight excluding hydrogens is 412 g/mol. The molecule has 0 aliphatic carbocycles. The van der Waals surface area contributed by atoms with Gasteiger partial charge in [-0.05, 0) is 46.5 Å². The molecule has 0 N–H and O–H groups in total.